The van der Waals surface area contributed by atoms with Crippen LogP contribution in [0.4, 0.5) is 5.82 Å². The number of para-hydroxylation sites is 1. The smallest absolute Gasteiger partial charge is 0.225 e. The van der Waals surface area contributed by atoms with Crippen LogP contribution in [0.2, 0.25) is 10.0 Å². The molecule has 0 aliphatic carbocycles. The molecule has 0 spiro atoms. The van der Waals surface area contributed by atoms with Crippen LogP contribution in [0.25, 0.3) is 10.9 Å². The molecule has 4 rings (SSSR count). The van der Waals surface area contributed by atoms with Gasteiger partial charge in [0.2, 0.25) is 5.91 Å². The second kappa shape index (κ2) is 8.94. The van der Waals surface area contributed by atoms with Gasteiger partial charge in [-0.15, -0.1) is 0 Å². The molecule has 0 aliphatic rings. The highest BCUT2D eigenvalue weighted by Crippen LogP contribution is 2.23. The Morgan fingerprint density at radius 1 is 1.13 bits per heavy atom. The average Bonchev–Trinajstić information content (AvgIpc) is 3.27. The molecule has 0 unspecified atom stereocenters. The van der Waals surface area contributed by atoms with Crippen LogP contribution in [0.3, 0.4) is 0 Å². The number of amides is 1. The third-order valence-electron chi connectivity index (χ3n) is 5.11. The normalized spacial score (nSPS) is 11.2. The SMILES string of the molecule is Cc1cc(NC(=O)CCCc2c[nH]c3ccccc23)nn1Cc1ccc(Cl)cc1Cl. The molecule has 154 valence electrons. The Bertz CT molecular complexity index is 1200. The summed E-state index contributed by atoms with van der Waals surface area (Å²) in [5, 5.41) is 9.80. The first-order chi connectivity index (χ1) is 14.5. The molecule has 2 N–H and O–H groups in total. The van der Waals surface area contributed by atoms with Gasteiger partial charge in [0.25, 0.3) is 0 Å². The molecular weight excluding hydrogens is 419 g/mol. The summed E-state index contributed by atoms with van der Waals surface area (Å²) in [6.07, 6.45) is 4.08. The zero-order valence-corrected chi connectivity index (χ0v) is 18.1. The molecule has 2 heterocycles. The number of rotatable bonds is 7. The van der Waals surface area contributed by atoms with Gasteiger partial charge in [-0.2, -0.15) is 5.10 Å². The third kappa shape index (κ3) is 4.69. The number of aromatic amines is 1. The molecule has 4 aromatic rings. The monoisotopic (exact) mass is 440 g/mol. The summed E-state index contributed by atoms with van der Waals surface area (Å²) in [6.45, 7) is 2.46. The summed E-state index contributed by atoms with van der Waals surface area (Å²) in [4.78, 5) is 15.6. The van der Waals surface area contributed by atoms with E-state index in [1.165, 1.54) is 10.9 Å². The molecule has 0 fully saturated rings. The van der Waals surface area contributed by atoms with Crippen molar-refractivity contribution in [3.05, 3.63) is 81.6 Å². The Kier molecular flexibility index (Phi) is 6.11. The molecule has 0 aliphatic heterocycles. The lowest BCUT2D eigenvalue weighted by atomic mass is 10.1. The number of hydrogen-bond acceptors (Lipinski definition) is 2. The number of nitrogens with zero attached hydrogens (tertiary/aromatic N) is 2. The summed E-state index contributed by atoms with van der Waals surface area (Å²) in [5.74, 6) is 0.513. The van der Waals surface area contributed by atoms with Gasteiger partial charge >= 0.3 is 0 Å². The van der Waals surface area contributed by atoms with Crippen LogP contribution in [0.1, 0.15) is 29.7 Å². The van der Waals surface area contributed by atoms with Crippen molar-refractivity contribution in [1.82, 2.24) is 14.8 Å². The van der Waals surface area contributed by atoms with E-state index in [0.717, 1.165) is 29.6 Å². The number of carbonyl (C=O) groups excluding carboxylic acids is 1. The molecule has 2 aromatic carbocycles. The number of aromatic nitrogens is 3. The van der Waals surface area contributed by atoms with Gasteiger partial charge in [-0.05, 0) is 49.1 Å². The molecule has 0 saturated heterocycles. The van der Waals surface area contributed by atoms with Crippen molar-refractivity contribution in [3.63, 3.8) is 0 Å². The second-order valence-corrected chi connectivity index (χ2v) is 8.17. The van der Waals surface area contributed by atoms with Gasteiger partial charge in [0.1, 0.15) is 0 Å². The van der Waals surface area contributed by atoms with Gasteiger partial charge in [-0.1, -0.05) is 47.5 Å². The fraction of sp³-hybridized carbons (Fsp3) is 0.217. The van der Waals surface area contributed by atoms with Crippen LogP contribution >= 0.6 is 23.2 Å². The van der Waals surface area contributed by atoms with E-state index in [9.17, 15) is 4.79 Å². The maximum Gasteiger partial charge on any atom is 0.225 e. The van der Waals surface area contributed by atoms with E-state index in [0.29, 0.717) is 28.8 Å². The summed E-state index contributed by atoms with van der Waals surface area (Å²) in [7, 11) is 0. The number of anilines is 1. The molecule has 7 heteroatoms. The van der Waals surface area contributed by atoms with Crippen molar-refractivity contribution in [3.8, 4) is 0 Å². The maximum atomic E-state index is 12.4. The van der Waals surface area contributed by atoms with E-state index in [1.807, 2.05) is 42.1 Å². The number of H-pyrrole nitrogens is 1. The minimum Gasteiger partial charge on any atom is -0.361 e. The lowest BCUT2D eigenvalue weighted by Gasteiger charge is -2.07. The Hall–Kier alpha value is -2.76. The van der Waals surface area contributed by atoms with E-state index in [1.54, 1.807) is 12.1 Å². The molecule has 2 aromatic heterocycles. The highest BCUT2D eigenvalue weighted by Gasteiger charge is 2.11. The number of nitrogens with one attached hydrogen (secondary N) is 2. The fourth-order valence-electron chi connectivity index (χ4n) is 3.53. The average molecular weight is 441 g/mol. The largest absolute Gasteiger partial charge is 0.361 e. The summed E-state index contributed by atoms with van der Waals surface area (Å²) < 4.78 is 1.82. The van der Waals surface area contributed by atoms with Crippen molar-refractivity contribution in [2.45, 2.75) is 32.7 Å². The molecule has 0 atom stereocenters. The molecule has 5 nitrogen and oxygen atoms in total. The highest BCUT2D eigenvalue weighted by molar-refractivity contribution is 6.35. The van der Waals surface area contributed by atoms with Crippen molar-refractivity contribution in [2.24, 2.45) is 0 Å². The molecule has 1 amide bonds. The Morgan fingerprint density at radius 2 is 1.97 bits per heavy atom. The van der Waals surface area contributed by atoms with E-state index in [-0.39, 0.29) is 5.91 Å². The fourth-order valence-corrected chi connectivity index (χ4v) is 3.99. The van der Waals surface area contributed by atoms with Crippen LogP contribution in [0, 0.1) is 6.92 Å². The van der Waals surface area contributed by atoms with Crippen LogP contribution in [0.5, 0.6) is 0 Å². The van der Waals surface area contributed by atoms with Gasteiger partial charge in [-0.25, -0.2) is 0 Å². The van der Waals surface area contributed by atoms with Crippen LogP contribution in [-0.2, 0) is 17.8 Å². The van der Waals surface area contributed by atoms with Crippen LogP contribution in [-0.4, -0.2) is 20.7 Å². The van der Waals surface area contributed by atoms with Crippen molar-refractivity contribution in [2.75, 3.05) is 5.32 Å². The lowest BCUT2D eigenvalue weighted by molar-refractivity contribution is -0.116. The zero-order valence-electron chi connectivity index (χ0n) is 16.6. The van der Waals surface area contributed by atoms with Gasteiger partial charge in [-0.3, -0.25) is 9.48 Å². The summed E-state index contributed by atoms with van der Waals surface area (Å²) >= 11 is 12.2. The van der Waals surface area contributed by atoms with Crippen molar-refractivity contribution in [1.29, 1.82) is 0 Å². The Balaban J connectivity index is 1.33. The predicted molar refractivity (Wildman–Crippen MR) is 122 cm³/mol. The van der Waals surface area contributed by atoms with Crippen LogP contribution in [0.15, 0.2) is 54.7 Å². The first kappa shape index (κ1) is 20.5. The van der Waals surface area contributed by atoms with Gasteiger partial charge in [0, 0.05) is 45.3 Å². The van der Waals surface area contributed by atoms with Gasteiger partial charge < -0.3 is 10.3 Å². The number of hydrogen-bond donors (Lipinski definition) is 2. The minimum absolute atomic E-state index is 0.0379. The number of carbonyl (C=O) groups is 1. The first-order valence-corrected chi connectivity index (χ1v) is 10.6. The highest BCUT2D eigenvalue weighted by atomic mass is 35.5. The molecule has 30 heavy (non-hydrogen) atoms. The van der Waals surface area contributed by atoms with Gasteiger partial charge in [0.15, 0.2) is 5.82 Å². The number of aryl methyl sites for hydroxylation is 2. The molecule has 0 saturated carbocycles. The summed E-state index contributed by atoms with van der Waals surface area (Å²) in [5.41, 5.74) is 4.22. The molecule has 0 bridgehead atoms. The molecular formula is C23H22Cl2N4O. The number of halogens is 2. The predicted octanol–water partition coefficient (Wildman–Crippen LogP) is 5.99. The Morgan fingerprint density at radius 3 is 2.80 bits per heavy atom. The molecule has 0 radical (unpaired) electrons. The first-order valence-electron chi connectivity index (χ1n) is 9.83. The van der Waals surface area contributed by atoms with Crippen molar-refractivity contribution >= 4 is 45.8 Å². The van der Waals surface area contributed by atoms with E-state index < -0.39 is 0 Å². The second-order valence-electron chi connectivity index (χ2n) is 7.33. The maximum absolute atomic E-state index is 12.4. The minimum atomic E-state index is -0.0379. The van der Waals surface area contributed by atoms with Crippen LogP contribution < -0.4 is 5.32 Å². The van der Waals surface area contributed by atoms with E-state index in [4.69, 9.17) is 23.2 Å². The van der Waals surface area contributed by atoms with E-state index >= 15 is 0 Å². The lowest BCUT2D eigenvalue weighted by Crippen LogP contribution is -2.12. The topological polar surface area (TPSA) is 62.7 Å². The van der Waals surface area contributed by atoms with Crippen molar-refractivity contribution < 1.29 is 4.79 Å². The Labute approximate surface area is 185 Å². The quantitative estimate of drug-likeness (QED) is 0.370. The zero-order chi connectivity index (χ0) is 21.1. The number of benzene rings is 2. The standard InChI is InChI=1S/C23H22Cl2N4O/c1-15-11-22(28-29(15)14-17-9-10-18(24)12-20(17)25)27-23(30)8-4-5-16-13-26-21-7-3-2-6-19(16)21/h2-3,6-7,9-13,26H,4-5,8,14H2,1H3,(H,27,28,30). The summed E-state index contributed by atoms with van der Waals surface area (Å²) in [6, 6.07) is 15.5. The number of fused-ring (bicyclic) bond motifs is 1. The van der Waals surface area contributed by atoms with E-state index in [2.05, 4.69) is 27.5 Å². The third-order valence-corrected chi connectivity index (χ3v) is 5.70. The van der Waals surface area contributed by atoms with Gasteiger partial charge in [0.05, 0.1) is 6.54 Å².